The second-order valence-electron chi connectivity index (χ2n) is 10.2. The first-order valence-electron chi connectivity index (χ1n) is 13.2. The van der Waals surface area contributed by atoms with Crippen LogP contribution in [0.2, 0.25) is 5.02 Å². The first-order valence-corrected chi connectivity index (χ1v) is 13.6. The molecule has 1 heterocycles. The van der Waals surface area contributed by atoms with Crippen molar-refractivity contribution in [2.75, 3.05) is 0 Å². The van der Waals surface area contributed by atoms with Crippen molar-refractivity contribution in [1.29, 1.82) is 0 Å². The molecule has 2 aliphatic rings. The van der Waals surface area contributed by atoms with Crippen LogP contribution >= 0.6 is 11.6 Å². The number of hydrogen-bond acceptors (Lipinski definition) is 1. The SMILES string of the molecule is Clc1ccc2c(c1)C1(c3ccccc3Oc3ccccc31)c1cc(-c3cccc(-c4ccccc4)c3)ccc1-2. The molecule has 0 amide bonds. The zero-order valence-corrected chi connectivity index (χ0v) is 21.8. The first kappa shape index (κ1) is 22.4. The van der Waals surface area contributed by atoms with E-state index in [1.165, 1.54) is 44.5 Å². The third-order valence-electron chi connectivity index (χ3n) is 8.20. The fourth-order valence-electron chi connectivity index (χ4n) is 6.56. The summed E-state index contributed by atoms with van der Waals surface area (Å²) in [6.45, 7) is 0. The Bertz CT molecular complexity index is 1860. The molecule has 1 spiro atoms. The van der Waals surface area contributed by atoms with Crippen LogP contribution in [0.1, 0.15) is 22.3 Å². The van der Waals surface area contributed by atoms with Gasteiger partial charge in [0.1, 0.15) is 11.5 Å². The summed E-state index contributed by atoms with van der Waals surface area (Å²) in [6.07, 6.45) is 0. The topological polar surface area (TPSA) is 9.23 Å². The summed E-state index contributed by atoms with van der Waals surface area (Å²) in [7, 11) is 0. The molecular formula is C37H23ClO. The molecule has 0 atom stereocenters. The highest BCUT2D eigenvalue weighted by Gasteiger charge is 2.51. The van der Waals surface area contributed by atoms with E-state index in [1.54, 1.807) is 0 Å². The van der Waals surface area contributed by atoms with E-state index < -0.39 is 5.41 Å². The van der Waals surface area contributed by atoms with Crippen LogP contribution in [0.5, 0.6) is 11.5 Å². The Balaban J connectivity index is 1.43. The summed E-state index contributed by atoms with van der Waals surface area (Å²) < 4.78 is 6.47. The van der Waals surface area contributed by atoms with Gasteiger partial charge in [-0.05, 0) is 80.9 Å². The molecule has 184 valence electrons. The van der Waals surface area contributed by atoms with Gasteiger partial charge in [-0.2, -0.15) is 0 Å². The van der Waals surface area contributed by atoms with Crippen LogP contribution in [-0.4, -0.2) is 0 Å². The normalized spacial score (nSPS) is 13.7. The molecule has 0 fully saturated rings. The monoisotopic (exact) mass is 518 g/mol. The maximum absolute atomic E-state index is 6.69. The molecule has 0 unspecified atom stereocenters. The second kappa shape index (κ2) is 8.46. The van der Waals surface area contributed by atoms with E-state index in [9.17, 15) is 0 Å². The molecule has 6 aromatic carbocycles. The van der Waals surface area contributed by atoms with Crippen LogP contribution in [0, 0.1) is 0 Å². The van der Waals surface area contributed by atoms with Crippen LogP contribution in [0.25, 0.3) is 33.4 Å². The lowest BCUT2D eigenvalue weighted by atomic mass is 9.66. The van der Waals surface area contributed by atoms with Gasteiger partial charge in [-0.3, -0.25) is 0 Å². The summed E-state index contributed by atoms with van der Waals surface area (Å²) in [5.41, 5.74) is 11.4. The molecule has 6 aromatic rings. The predicted octanol–water partition coefficient (Wildman–Crippen LogP) is 10.1. The summed E-state index contributed by atoms with van der Waals surface area (Å²) >= 11 is 6.69. The fourth-order valence-corrected chi connectivity index (χ4v) is 6.73. The Kier molecular flexibility index (Phi) is 4.86. The molecule has 1 aliphatic heterocycles. The van der Waals surface area contributed by atoms with Crippen molar-refractivity contribution < 1.29 is 4.74 Å². The lowest BCUT2D eigenvalue weighted by molar-refractivity contribution is 0.436. The molecule has 0 radical (unpaired) electrons. The highest BCUT2D eigenvalue weighted by atomic mass is 35.5. The van der Waals surface area contributed by atoms with E-state index in [0.717, 1.165) is 27.6 Å². The largest absolute Gasteiger partial charge is 0.457 e. The molecule has 8 rings (SSSR count). The zero-order chi connectivity index (χ0) is 26.0. The number of rotatable bonds is 2. The van der Waals surface area contributed by atoms with Gasteiger partial charge in [-0.1, -0.05) is 115 Å². The molecular weight excluding hydrogens is 496 g/mol. The van der Waals surface area contributed by atoms with Crippen molar-refractivity contribution in [3.8, 4) is 44.9 Å². The molecule has 2 heteroatoms. The average molecular weight is 519 g/mol. The minimum Gasteiger partial charge on any atom is -0.457 e. The molecule has 0 saturated carbocycles. The van der Waals surface area contributed by atoms with Gasteiger partial charge < -0.3 is 4.74 Å². The number of ether oxygens (including phenoxy) is 1. The summed E-state index contributed by atoms with van der Waals surface area (Å²) in [5, 5.41) is 0.734. The Labute approximate surface area is 232 Å². The second-order valence-corrected chi connectivity index (χ2v) is 10.7. The van der Waals surface area contributed by atoms with Gasteiger partial charge in [0, 0.05) is 16.1 Å². The standard InChI is InChI=1S/C37H23ClO/c38-28-18-20-30-29-19-17-27(26-12-8-11-25(21-26)24-9-2-1-3-10-24)22-33(29)37(34(30)23-28)31-13-4-6-15-35(31)39-36-16-7-5-14-32(36)37/h1-23H. The lowest BCUT2D eigenvalue weighted by Gasteiger charge is -2.39. The van der Waals surface area contributed by atoms with Gasteiger partial charge in [0.25, 0.3) is 0 Å². The zero-order valence-electron chi connectivity index (χ0n) is 21.1. The molecule has 0 aromatic heterocycles. The van der Waals surface area contributed by atoms with Crippen molar-refractivity contribution in [2.45, 2.75) is 5.41 Å². The summed E-state index contributed by atoms with van der Waals surface area (Å²) in [5.74, 6) is 1.76. The Morgan fingerprint density at radius 2 is 0.949 bits per heavy atom. The smallest absolute Gasteiger partial charge is 0.132 e. The van der Waals surface area contributed by atoms with Crippen LogP contribution in [-0.2, 0) is 5.41 Å². The van der Waals surface area contributed by atoms with E-state index in [2.05, 4.69) is 121 Å². The van der Waals surface area contributed by atoms with E-state index in [0.29, 0.717) is 0 Å². The van der Waals surface area contributed by atoms with Gasteiger partial charge >= 0.3 is 0 Å². The number of hydrogen-bond donors (Lipinski definition) is 0. The lowest BCUT2D eigenvalue weighted by Crippen LogP contribution is -2.32. The van der Waals surface area contributed by atoms with Crippen LogP contribution in [0.15, 0.2) is 140 Å². The highest BCUT2D eigenvalue weighted by molar-refractivity contribution is 6.30. The number of benzene rings is 6. The third kappa shape index (κ3) is 3.21. The fraction of sp³-hybridized carbons (Fsp3) is 0.0270. The van der Waals surface area contributed by atoms with E-state index in [4.69, 9.17) is 16.3 Å². The minimum absolute atomic E-state index is 0.534. The van der Waals surface area contributed by atoms with Crippen molar-refractivity contribution in [1.82, 2.24) is 0 Å². The molecule has 1 aliphatic carbocycles. The van der Waals surface area contributed by atoms with E-state index >= 15 is 0 Å². The van der Waals surface area contributed by atoms with Gasteiger partial charge in [0.05, 0.1) is 5.41 Å². The van der Waals surface area contributed by atoms with Crippen molar-refractivity contribution in [3.63, 3.8) is 0 Å². The van der Waals surface area contributed by atoms with Crippen LogP contribution in [0.3, 0.4) is 0 Å². The Morgan fingerprint density at radius 3 is 1.67 bits per heavy atom. The first-order chi connectivity index (χ1) is 19.2. The number of fused-ring (bicyclic) bond motifs is 9. The Morgan fingerprint density at radius 1 is 0.410 bits per heavy atom. The van der Waals surface area contributed by atoms with Gasteiger partial charge in [0.15, 0.2) is 0 Å². The van der Waals surface area contributed by atoms with Gasteiger partial charge in [-0.15, -0.1) is 0 Å². The third-order valence-corrected chi connectivity index (χ3v) is 8.44. The van der Waals surface area contributed by atoms with Crippen LogP contribution in [0.4, 0.5) is 0 Å². The minimum atomic E-state index is -0.534. The number of halogens is 1. The summed E-state index contributed by atoms with van der Waals surface area (Å²) in [4.78, 5) is 0. The van der Waals surface area contributed by atoms with E-state index in [-0.39, 0.29) is 0 Å². The molecule has 0 bridgehead atoms. The maximum Gasteiger partial charge on any atom is 0.132 e. The average Bonchev–Trinajstić information content (AvgIpc) is 3.27. The predicted molar refractivity (Wildman–Crippen MR) is 160 cm³/mol. The Hall–Kier alpha value is -4.59. The van der Waals surface area contributed by atoms with E-state index in [1.807, 2.05) is 18.2 Å². The summed E-state index contributed by atoms with van der Waals surface area (Å²) in [6, 6.07) is 49.4. The van der Waals surface area contributed by atoms with Crippen molar-refractivity contribution >= 4 is 11.6 Å². The van der Waals surface area contributed by atoms with Gasteiger partial charge in [-0.25, -0.2) is 0 Å². The molecule has 1 nitrogen and oxygen atoms in total. The van der Waals surface area contributed by atoms with Crippen molar-refractivity contribution in [2.24, 2.45) is 0 Å². The quantitative estimate of drug-likeness (QED) is 0.221. The molecule has 0 saturated heterocycles. The van der Waals surface area contributed by atoms with Crippen molar-refractivity contribution in [3.05, 3.63) is 167 Å². The van der Waals surface area contributed by atoms with Gasteiger partial charge in [0.2, 0.25) is 0 Å². The maximum atomic E-state index is 6.69. The molecule has 39 heavy (non-hydrogen) atoms. The number of para-hydroxylation sites is 2. The van der Waals surface area contributed by atoms with Crippen LogP contribution < -0.4 is 4.74 Å². The highest BCUT2D eigenvalue weighted by Crippen LogP contribution is 2.62. The molecule has 0 N–H and O–H groups in total.